The van der Waals surface area contributed by atoms with E-state index < -0.39 is 45.7 Å². The summed E-state index contributed by atoms with van der Waals surface area (Å²) >= 11 is 17.0. The maximum atomic E-state index is 13.8. The van der Waals surface area contributed by atoms with Crippen LogP contribution in [0.4, 0.5) is 0 Å². The molecular weight excluding hydrogens is 559 g/mol. The molecule has 0 radical (unpaired) electrons. The number of unbranched alkanes of at least 4 members (excludes halogenated alkanes) is 4. The third-order valence-corrected chi connectivity index (χ3v) is 6.67. The lowest BCUT2D eigenvalue weighted by atomic mass is 9.89. The van der Waals surface area contributed by atoms with Crippen LogP contribution < -0.4 is 5.32 Å². The lowest BCUT2D eigenvalue weighted by Crippen LogP contribution is -2.71. The number of nitrogens with zero attached hydrogens (tertiary/aromatic N) is 1. The van der Waals surface area contributed by atoms with Gasteiger partial charge in [-0.05, 0) is 12.0 Å². The van der Waals surface area contributed by atoms with Gasteiger partial charge in [0.1, 0.15) is 13.2 Å². The largest absolute Gasteiger partial charge is 0.479 e. The molecule has 9 nitrogen and oxygen atoms in total. The molecule has 1 aromatic carbocycles. The van der Waals surface area contributed by atoms with E-state index in [-0.39, 0.29) is 32.7 Å². The van der Waals surface area contributed by atoms with E-state index in [1.54, 1.807) is 30.3 Å². The van der Waals surface area contributed by atoms with Crippen molar-refractivity contribution in [2.45, 2.75) is 67.8 Å². The predicted octanol–water partition coefficient (Wildman–Crippen LogP) is 4.27. The molecule has 1 aliphatic rings. The Hall–Kier alpha value is -2.07. The lowest BCUT2D eigenvalue weighted by molar-refractivity contribution is -0.180. The summed E-state index contributed by atoms with van der Waals surface area (Å²) in [7, 11) is 0. The van der Waals surface area contributed by atoms with Gasteiger partial charge >= 0.3 is 17.9 Å². The first-order valence-electron chi connectivity index (χ1n) is 12.7. The number of rotatable bonds is 14. The normalized spacial score (nSPS) is 18.5. The van der Waals surface area contributed by atoms with Gasteiger partial charge in [0, 0.05) is 25.6 Å². The van der Waals surface area contributed by atoms with Gasteiger partial charge < -0.3 is 24.8 Å². The molecule has 1 amide bonds. The van der Waals surface area contributed by atoms with Crippen molar-refractivity contribution in [3.63, 3.8) is 0 Å². The molecule has 2 rings (SSSR count). The van der Waals surface area contributed by atoms with Crippen LogP contribution in [0.1, 0.15) is 57.4 Å². The van der Waals surface area contributed by atoms with Crippen LogP contribution in [0.25, 0.3) is 0 Å². The molecule has 0 unspecified atom stereocenters. The Morgan fingerprint density at radius 2 is 1.76 bits per heavy atom. The fourth-order valence-electron chi connectivity index (χ4n) is 4.30. The smallest absolute Gasteiger partial charge is 0.345 e. The number of piperazine rings is 1. The number of ether oxygens (including phenoxy) is 2. The third-order valence-electron chi connectivity index (χ3n) is 6.34. The molecule has 1 aliphatic heterocycles. The quantitative estimate of drug-likeness (QED) is 0.142. The van der Waals surface area contributed by atoms with Gasteiger partial charge in [0.15, 0.2) is 0 Å². The van der Waals surface area contributed by atoms with E-state index in [1.165, 1.54) is 0 Å². The predicted molar refractivity (Wildman–Crippen MR) is 144 cm³/mol. The van der Waals surface area contributed by atoms with Crippen LogP contribution in [-0.4, -0.2) is 69.4 Å². The Morgan fingerprint density at radius 1 is 1.08 bits per heavy atom. The van der Waals surface area contributed by atoms with Crippen LogP contribution >= 0.6 is 34.8 Å². The molecule has 0 saturated carbocycles. The Kier molecular flexibility index (Phi) is 13.1. The summed E-state index contributed by atoms with van der Waals surface area (Å²) in [5.74, 6) is -4.89. The van der Waals surface area contributed by atoms with E-state index in [9.17, 15) is 24.3 Å². The fourth-order valence-corrected chi connectivity index (χ4v) is 4.46. The molecule has 1 aromatic rings. The summed E-state index contributed by atoms with van der Waals surface area (Å²) < 4.78 is 8.60. The third kappa shape index (κ3) is 9.59. The van der Waals surface area contributed by atoms with Crippen LogP contribution in [0.5, 0.6) is 0 Å². The van der Waals surface area contributed by atoms with Crippen molar-refractivity contribution < 1.29 is 33.8 Å². The average Bonchev–Trinajstić information content (AvgIpc) is 2.89. The Bertz CT molecular complexity index is 943. The number of amides is 1. The van der Waals surface area contributed by atoms with Gasteiger partial charge in [0.05, 0.1) is 6.42 Å². The van der Waals surface area contributed by atoms with Crippen LogP contribution in [0.2, 0.25) is 0 Å². The first-order valence-corrected chi connectivity index (χ1v) is 13.8. The summed E-state index contributed by atoms with van der Waals surface area (Å²) in [4.78, 5) is 53.2. The number of hydrogen-bond donors (Lipinski definition) is 2. The van der Waals surface area contributed by atoms with E-state index in [1.807, 2.05) is 0 Å². The van der Waals surface area contributed by atoms with Gasteiger partial charge in [-0.25, -0.2) is 9.59 Å². The summed E-state index contributed by atoms with van der Waals surface area (Å²) in [5, 5.41) is 13.1. The van der Waals surface area contributed by atoms with Crippen LogP contribution in [0, 0.1) is 5.92 Å². The first kappa shape index (κ1) is 32.1. The number of esters is 2. The number of carboxylic acids is 1. The van der Waals surface area contributed by atoms with Crippen molar-refractivity contribution in [1.82, 2.24) is 10.2 Å². The van der Waals surface area contributed by atoms with E-state index in [4.69, 9.17) is 44.3 Å². The van der Waals surface area contributed by atoms with Crippen LogP contribution in [0.3, 0.4) is 0 Å². The van der Waals surface area contributed by atoms with Crippen molar-refractivity contribution in [2.24, 2.45) is 5.92 Å². The molecular formula is C26H35Cl3N2O7. The van der Waals surface area contributed by atoms with Crippen molar-refractivity contribution in [3.05, 3.63) is 35.9 Å². The molecule has 0 bridgehead atoms. The molecule has 12 heteroatoms. The topological polar surface area (TPSA) is 122 Å². The summed E-state index contributed by atoms with van der Waals surface area (Å²) in [6.45, 7) is 1.32. The number of carboxylic acid groups (broad SMARTS) is 1. The molecule has 2 N–H and O–H groups in total. The van der Waals surface area contributed by atoms with Gasteiger partial charge in [-0.1, -0.05) is 104 Å². The molecule has 2 atom stereocenters. The zero-order valence-electron chi connectivity index (χ0n) is 21.4. The van der Waals surface area contributed by atoms with Crippen molar-refractivity contribution in [1.29, 1.82) is 0 Å². The minimum Gasteiger partial charge on any atom is -0.479 e. The second-order valence-electron chi connectivity index (χ2n) is 9.27. The highest BCUT2D eigenvalue weighted by Gasteiger charge is 2.57. The van der Waals surface area contributed by atoms with Crippen molar-refractivity contribution in [3.8, 4) is 0 Å². The molecule has 38 heavy (non-hydrogen) atoms. The summed E-state index contributed by atoms with van der Waals surface area (Å²) in [6, 6.07) is 8.80. The molecule has 0 spiro atoms. The second kappa shape index (κ2) is 15.5. The molecule has 0 aliphatic carbocycles. The molecule has 1 heterocycles. The van der Waals surface area contributed by atoms with Gasteiger partial charge in [0.2, 0.25) is 9.70 Å². The number of carbonyl (C=O) groups excluding carboxylic acids is 3. The second-order valence-corrected chi connectivity index (χ2v) is 11.8. The molecule has 1 fully saturated rings. The lowest BCUT2D eigenvalue weighted by Gasteiger charge is -2.43. The number of alkyl halides is 3. The first-order chi connectivity index (χ1) is 18.0. The highest BCUT2D eigenvalue weighted by molar-refractivity contribution is 6.67. The zero-order chi connectivity index (χ0) is 28.2. The minimum absolute atomic E-state index is 0.0545. The van der Waals surface area contributed by atoms with Gasteiger partial charge in [-0.2, -0.15) is 0 Å². The maximum absolute atomic E-state index is 13.8. The number of hydrogen-bond acceptors (Lipinski definition) is 7. The van der Waals surface area contributed by atoms with Crippen molar-refractivity contribution >= 4 is 58.6 Å². The number of halogens is 3. The maximum Gasteiger partial charge on any atom is 0.345 e. The number of aliphatic carboxylic acids is 1. The molecule has 212 valence electrons. The van der Waals surface area contributed by atoms with Gasteiger partial charge in [-0.3, -0.25) is 9.59 Å². The number of nitrogens with one attached hydrogen (secondary N) is 1. The standard InChI is InChI=1S/C26H35Cl3N2O7/c1-2-3-4-5-9-12-20(15-21(32)38-18-26(27,28)29)22(33)31-14-13-30-17-25(31,23(34)35)24(36)37-16-19-10-7-6-8-11-19/h6-8,10-11,20,30H,2-5,9,12-18H2,1H3,(H,34,35)/t20-,25+/m1/s1. The Morgan fingerprint density at radius 3 is 2.39 bits per heavy atom. The van der Waals surface area contributed by atoms with E-state index in [2.05, 4.69) is 12.2 Å². The zero-order valence-corrected chi connectivity index (χ0v) is 23.7. The Balaban J connectivity index is 2.25. The summed E-state index contributed by atoms with van der Waals surface area (Å²) in [5.41, 5.74) is -1.61. The highest BCUT2D eigenvalue weighted by Crippen LogP contribution is 2.29. The monoisotopic (exact) mass is 592 g/mol. The molecule has 1 saturated heterocycles. The molecule has 0 aromatic heterocycles. The number of benzene rings is 1. The van der Waals surface area contributed by atoms with E-state index in [0.29, 0.717) is 18.4 Å². The van der Waals surface area contributed by atoms with Crippen molar-refractivity contribution in [2.75, 3.05) is 26.2 Å². The highest BCUT2D eigenvalue weighted by atomic mass is 35.6. The van der Waals surface area contributed by atoms with Gasteiger partial charge in [0.25, 0.3) is 5.54 Å². The van der Waals surface area contributed by atoms with Crippen LogP contribution in [-0.2, 0) is 35.3 Å². The van der Waals surface area contributed by atoms with Gasteiger partial charge in [-0.15, -0.1) is 0 Å². The Labute approximate surface area is 238 Å². The average molecular weight is 594 g/mol. The SMILES string of the molecule is CCCCCCC[C@H](CC(=O)OCC(Cl)(Cl)Cl)C(=O)N1CCNC[C@]1(C(=O)O)C(=O)OCc1ccccc1. The van der Waals surface area contributed by atoms with Crippen LogP contribution in [0.15, 0.2) is 30.3 Å². The van der Waals surface area contributed by atoms with E-state index >= 15 is 0 Å². The minimum atomic E-state index is -2.29. The summed E-state index contributed by atoms with van der Waals surface area (Å²) in [6.07, 6.45) is 4.49. The van der Waals surface area contributed by atoms with E-state index in [0.717, 1.165) is 30.6 Å². The number of carbonyl (C=O) groups is 4. The fraction of sp³-hybridized carbons (Fsp3) is 0.615.